The Morgan fingerprint density at radius 3 is 1.67 bits per heavy atom. The number of hydrogen-bond acceptors (Lipinski definition) is 4. The average Bonchev–Trinajstić information content (AvgIpc) is 1.38. The number of halogens is 1. The topological polar surface area (TPSA) is 75.6 Å². The molecule has 0 unspecified atom stereocenters. The van der Waals surface area contributed by atoms with Gasteiger partial charge in [0.15, 0.2) is 0 Å². The van der Waals surface area contributed by atoms with Crippen molar-refractivity contribution < 1.29 is 53.5 Å². The van der Waals surface area contributed by atoms with Crippen molar-refractivity contribution in [2.24, 2.45) is 0 Å². The largest absolute Gasteiger partial charge is 0.550 e. The van der Waals surface area contributed by atoms with Crippen molar-refractivity contribution in [1.82, 2.24) is 0 Å². The van der Waals surface area contributed by atoms with Crippen molar-refractivity contribution in [3.8, 4) is 0 Å². The molecule has 6 heteroatoms. The van der Waals surface area contributed by atoms with Crippen LogP contribution in [0.5, 0.6) is 0 Å². The Hall–Kier alpha value is 1.09. The zero-order valence-corrected chi connectivity index (χ0v) is 5.45. The van der Waals surface area contributed by atoms with E-state index in [1.54, 1.807) is 0 Å². The molecule has 0 saturated heterocycles. The van der Waals surface area contributed by atoms with Gasteiger partial charge in [0.1, 0.15) is 3.22 Å². The molecule has 0 heterocycles. The van der Waals surface area contributed by atoms with E-state index in [0.717, 1.165) is 0 Å². The predicted octanol–water partition coefficient (Wildman–Crippen LogP) is -5.44. The molecule has 0 rings (SSSR count). The van der Waals surface area contributed by atoms with Gasteiger partial charge in [-0.3, -0.25) is 0 Å². The molecule has 0 aromatic heterocycles. The van der Waals surface area contributed by atoms with Crippen LogP contribution < -0.4 is 27.9 Å². The second-order valence-electron chi connectivity index (χ2n) is 0.258. The SMILES string of the molecule is [Cu].[O-][I+2]([O-])OO. The fourth-order valence-corrected chi connectivity index (χ4v) is 0. The molecule has 1 radical (unpaired) electrons. The Morgan fingerprint density at radius 2 is 1.67 bits per heavy atom. The maximum atomic E-state index is 9.02. The molecule has 0 saturated carbocycles. The monoisotopic (exact) mass is 255 g/mol. The third-order valence-electron chi connectivity index (χ3n) is 0.0563. The molecule has 0 atom stereocenters. The zero-order chi connectivity index (χ0) is 4.28. The third-order valence-corrected chi connectivity index (χ3v) is 0.378. The van der Waals surface area contributed by atoms with Gasteiger partial charge < -0.3 is 6.87 Å². The summed E-state index contributed by atoms with van der Waals surface area (Å²) in [5.74, 6) is 0. The van der Waals surface area contributed by atoms with Gasteiger partial charge in [-0.2, -0.15) is 5.26 Å². The van der Waals surface area contributed by atoms with Gasteiger partial charge in [0.05, 0.1) is 0 Å². The van der Waals surface area contributed by atoms with Gasteiger partial charge in [-0.1, -0.05) is 0 Å². The second-order valence-corrected chi connectivity index (χ2v) is 1.73. The van der Waals surface area contributed by atoms with Crippen LogP contribution in [0, 0.1) is 0 Å². The Morgan fingerprint density at radius 1 is 1.50 bits per heavy atom. The van der Waals surface area contributed by atoms with Crippen LogP contribution in [0.2, 0.25) is 0 Å². The maximum absolute atomic E-state index is 9.02. The molecule has 6 heavy (non-hydrogen) atoms. The van der Waals surface area contributed by atoms with Crippen LogP contribution in [0.25, 0.3) is 0 Å². The third kappa shape index (κ3) is 8.92. The van der Waals surface area contributed by atoms with Crippen LogP contribution in [0.3, 0.4) is 0 Å². The first kappa shape index (κ1) is 10.1. The molecule has 0 aromatic carbocycles. The molecule has 0 aliphatic heterocycles. The zero-order valence-electron chi connectivity index (χ0n) is 2.35. The molecular weight excluding hydrogens is 254 g/mol. The summed E-state index contributed by atoms with van der Waals surface area (Å²) < 4.78 is 20.8. The van der Waals surface area contributed by atoms with Crippen LogP contribution in [-0.4, -0.2) is 5.26 Å². The summed E-state index contributed by atoms with van der Waals surface area (Å²) >= 11 is -3.73. The summed E-state index contributed by atoms with van der Waals surface area (Å²) in [4.78, 5) is 0. The smallest absolute Gasteiger partial charge is 0.393 e. The van der Waals surface area contributed by atoms with E-state index in [1.165, 1.54) is 0 Å². The van der Waals surface area contributed by atoms with Gasteiger partial charge in [-0.25, -0.2) is 0 Å². The average molecular weight is 255 g/mol. The minimum atomic E-state index is -3.73. The van der Waals surface area contributed by atoms with E-state index < -0.39 is 21.1 Å². The second kappa shape index (κ2) is 6.09. The van der Waals surface area contributed by atoms with Crippen molar-refractivity contribution in [1.29, 1.82) is 0 Å². The first-order chi connectivity index (χ1) is 2.27. The maximum Gasteiger partial charge on any atom is 0.550 e. The molecular formula is HCuIO4. The van der Waals surface area contributed by atoms with Crippen molar-refractivity contribution in [3.05, 3.63) is 0 Å². The Kier molecular flexibility index (Phi) is 10.3. The number of rotatable bonds is 1. The van der Waals surface area contributed by atoms with Gasteiger partial charge in [-0.15, -0.1) is 0 Å². The molecule has 0 bridgehead atoms. The summed E-state index contributed by atoms with van der Waals surface area (Å²) in [5, 5.41) is 7.09. The van der Waals surface area contributed by atoms with E-state index >= 15 is 0 Å². The Bertz CT molecular complexity index is 21.5. The minimum absolute atomic E-state index is 0. The van der Waals surface area contributed by atoms with Crippen molar-refractivity contribution in [2.75, 3.05) is 0 Å². The van der Waals surface area contributed by atoms with Crippen molar-refractivity contribution >= 4 is 0 Å². The van der Waals surface area contributed by atoms with E-state index in [4.69, 9.17) is 12.1 Å². The first-order valence-electron chi connectivity index (χ1n) is 0.645. The van der Waals surface area contributed by atoms with Crippen molar-refractivity contribution in [2.45, 2.75) is 0 Å². The summed E-state index contributed by atoms with van der Waals surface area (Å²) in [6.07, 6.45) is 0. The molecule has 4 nitrogen and oxygen atoms in total. The fourth-order valence-electron chi connectivity index (χ4n) is 0. The van der Waals surface area contributed by atoms with Gasteiger partial charge in [0, 0.05) is 17.1 Å². The molecule has 0 fully saturated rings. The summed E-state index contributed by atoms with van der Waals surface area (Å²) in [6, 6.07) is 0. The van der Waals surface area contributed by atoms with E-state index in [9.17, 15) is 0 Å². The molecule has 0 aromatic rings. The van der Waals surface area contributed by atoms with E-state index in [-0.39, 0.29) is 17.1 Å². The summed E-state index contributed by atoms with van der Waals surface area (Å²) in [6.45, 7) is 0. The van der Waals surface area contributed by atoms with E-state index in [1.807, 2.05) is 0 Å². The van der Waals surface area contributed by atoms with Crippen LogP contribution in [0.4, 0.5) is 0 Å². The Labute approximate surface area is 53.6 Å². The standard InChI is InChI=1S/Cu.HIO4/c;2-1(3)5-4/h;4H. The van der Waals surface area contributed by atoms with Gasteiger partial charge >= 0.3 is 21.1 Å². The van der Waals surface area contributed by atoms with Crippen LogP contribution >= 0.6 is 0 Å². The Balaban J connectivity index is 0. The van der Waals surface area contributed by atoms with Crippen LogP contribution in [0.1, 0.15) is 0 Å². The fraction of sp³-hybridized carbons (Fsp3) is 0. The first-order valence-corrected chi connectivity index (χ1v) is 3.29. The molecule has 1 N–H and O–H groups in total. The van der Waals surface area contributed by atoms with E-state index in [2.05, 4.69) is 3.22 Å². The number of hydrogen-bond donors (Lipinski definition) is 1. The quantitative estimate of drug-likeness (QED) is 0.220. The summed E-state index contributed by atoms with van der Waals surface area (Å²) in [5.41, 5.74) is 0. The van der Waals surface area contributed by atoms with E-state index in [0.29, 0.717) is 0 Å². The minimum Gasteiger partial charge on any atom is -0.393 e. The van der Waals surface area contributed by atoms with Gasteiger partial charge in [-0.05, 0) is 0 Å². The van der Waals surface area contributed by atoms with Crippen LogP contribution in [-0.2, 0) is 20.3 Å². The predicted molar refractivity (Wildman–Crippen MR) is 3.71 cm³/mol. The normalized spacial score (nSPS) is 8.00. The molecule has 0 aliphatic rings. The summed E-state index contributed by atoms with van der Waals surface area (Å²) in [7, 11) is 0. The molecule has 0 amide bonds. The molecule has 0 spiro atoms. The molecule has 0 aliphatic carbocycles. The van der Waals surface area contributed by atoms with Crippen LogP contribution in [0.15, 0.2) is 0 Å². The van der Waals surface area contributed by atoms with Gasteiger partial charge in [0.2, 0.25) is 0 Å². The van der Waals surface area contributed by atoms with Gasteiger partial charge in [0.25, 0.3) is 0 Å². The molecule has 43 valence electrons. The van der Waals surface area contributed by atoms with Crippen molar-refractivity contribution in [3.63, 3.8) is 0 Å².